The summed E-state index contributed by atoms with van der Waals surface area (Å²) in [6.07, 6.45) is 2.09. The van der Waals surface area contributed by atoms with Gasteiger partial charge in [0.1, 0.15) is 11.1 Å². The number of nitrogens with one attached hydrogen (secondary N) is 2. The van der Waals surface area contributed by atoms with Gasteiger partial charge in [0.25, 0.3) is 11.1 Å². The van der Waals surface area contributed by atoms with Gasteiger partial charge in [-0.15, -0.1) is 0 Å². The number of nitrogens with zero attached hydrogens (tertiary/aromatic N) is 2. The van der Waals surface area contributed by atoms with Gasteiger partial charge < -0.3 is 0 Å². The smallest absolute Gasteiger partial charge is 0.278 e. The van der Waals surface area contributed by atoms with Gasteiger partial charge in [0, 0.05) is 48.6 Å². The first-order valence-corrected chi connectivity index (χ1v) is 16.8. The molecule has 0 aliphatic heterocycles. The Bertz CT molecular complexity index is 2090. The van der Waals surface area contributed by atoms with Crippen LogP contribution in [0.3, 0.4) is 0 Å². The molecule has 0 unspecified atom stereocenters. The van der Waals surface area contributed by atoms with E-state index in [9.17, 15) is 36.0 Å². The van der Waals surface area contributed by atoms with Crippen LogP contribution in [0.2, 0.25) is 0 Å². The van der Waals surface area contributed by atoms with Crippen molar-refractivity contribution in [1.82, 2.24) is 19.6 Å². The van der Waals surface area contributed by atoms with Crippen molar-refractivity contribution in [2.45, 2.75) is 51.0 Å². The zero-order valence-electron chi connectivity index (χ0n) is 25.1. The summed E-state index contributed by atoms with van der Waals surface area (Å²) in [5.41, 5.74) is 1.37. The Labute approximate surface area is 249 Å². The summed E-state index contributed by atoms with van der Waals surface area (Å²) in [5.74, 6) is -1.17. The monoisotopic (exact) mass is 630 g/mol. The lowest BCUT2D eigenvalue weighted by Gasteiger charge is -2.07. The zero-order chi connectivity index (χ0) is 32.6. The number of aromatic nitrogens is 4. The first-order chi connectivity index (χ1) is 19.8. The summed E-state index contributed by atoms with van der Waals surface area (Å²) < 4.78 is 50.1. The number of hydrogen-bond acceptors (Lipinski definition) is 8. The molecule has 2 aromatic heterocycles. The van der Waals surface area contributed by atoms with Crippen molar-refractivity contribution in [3.05, 3.63) is 102 Å². The normalized spacial score (nSPS) is 11.6. The van der Waals surface area contributed by atoms with E-state index in [2.05, 4.69) is 10.2 Å². The van der Waals surface area contributed by atoms with Crippen LogP contribution in [-0.4, -0.2) is 60.5 Å². The van der Waals surface area contributed by atoms with Crippen LogP contribution in [0.5, 0.6) is 0 Å². The molecule has 14 heteroatoms. The lowest BCUT2D eigenvalue weighted by molar-refractivity contribution is 0.102. The molecule has 0 saturated heterocycles. The number of carbonyl (C=O) groups is 2. The molecule has 0 fully saturated rings. The van der Waals surface area contributed by atoms with Gasteiger partial charge in [-0.2, -0.15) is 0 Å². The van der Waals surface area contributed by atoms with Crippen LogP contribution >= 0.6 is 0 Å². The van der Waals surface area contributed by atoms with Gasteiger partial charge in [0.05, 0.1) is 9.79 Å². The number of carbonyl (C=O) groups excluding carboxylic acids is 2. The van der Waals surface area contributed by atoms with Crippen LogP contribution in [-0.2, 0) is 33.3 Å². The molecule has 4 rings (SSSR count). The Morgan fingerprint density at radius 2 is 1.09 bits per heavy atom. The minimum atomic E-state index is -3.57. The number of aryl methyl sites for hydroxylation is 6. The van der Waals surface area contributed by atoms with Gasteiger partial charge >= 0.3 is 0 Å². The maximum atomic E-state index is 12.7. The highest BCUT2D eigenvalue weighted by molar-refractivity contribution is 7.91. The molecule has 0 bridgehead atoms. The number of sulfone groups is 2. The van der Waals surface area contributed by atoms with E-state index in [0.29, 0.717) is 17.9 Å². The second-order valence-electron chi connectivity index (χ2n) is 10.3. The van der Waals surface area contributed by atoms with Crippen LogP contribution in [0, 0.1) is 27.7 Å². The SMILES string of the molecule is CCn1[nH]c(C)c(C(=O)c2ccc(C)cc2S(C)(=O)=O)c1=O.Cc1ccc(C(=O)c2c(C)[nH]n(C)c2=O)c(S(C)(=O)=O)c1. The second-order valence-corrected chi connectivity index (χ2v) is 14.3. The number of ketones is 2. The van der Waals surface area contributed by atoms with Crippen molar-refractivity contribution >= 4 is 31.2 Å². The molecule has 2 heterocycles. The minimum Gasteiger partial charge on any atom is -0.299 e. The Balaban J connectivity index is 0.000000236. The lowest BCUT2D eigenvalue weighted by atomic mass is 10.0. The fraction of sp³-hybridized carbons (Fsp3) is 0.310. The zero-order valence-corrected chi connectivity index (χ0v) is 26.8. The van der Waals surface area contributed by atoms with E-state index in [1.807, 2.05) is 0 Å². The van der Waals surface area contributed by atoms with Gasteiger partial charge in [-0.05, 0) is 70.0 Å². The number of benzene rings is 2. The summed E-state index contributed by atoms with van der Waals surface area (Å²) >= 11 is 0. The Morgan fingerprint density at radius 1 is 0.698 bits per heavy atom. The first-order valence-electron chi connectivity index (χ1n) is 13.0. The molecule has 2 N–H and O–H groups in total. The molecule has 0 aliphatic rings. The Hall–Kier alpha value is -4.30. The standard InChI is InChI=1S/C15H18N2O4S.C14H16N2O4S/c1-5-17-15(19)13(10(3)16-17)14(18)11-7-6-9(2)8-12(11)22(4,20)21;1-8-5-6-10(11(7-8)21(4,19)20)13(17)12-9(2)15-16(3)14(12)18/h6-8,16H,5H2,1-4H3;5-7,15H,1-4H3. The average molecular weight is 631 g/mol. The first kappa shape index (κ1) is 33.2. The van der Waals surface area contributed by atoms with Gasteiger partial charge in [-0.1, -0.05) is 12.1 Å². The Morgan fingerprint density at radius 3 is 1.42 bits per heavy atom. The highest BCUT2D eigenvalue weighted by atomic mass is 32.2. The fourth-order valence-electron chi connectivity index (χ4n) is 4.57. The topological polar surface area (TPSA) is 178 Å². The van der Waals surface area contributed by atoms with E-state index >= 15 is 0 Å². The minimum absolute atomic E-state index is 0.0166. The largest absolute Gasteiger partial charge is 0.299 e. The van der Waals surface area contributed by atoms with Crippen LogP contribution in [0.15, 0.2) is 55.8 Å². The van der Waals surface area contributed by atoms with Crippen molar-refractivity contribution in [1.29, 1.82) is 0 Å². The van der Waals surface area contributed by atoms with Crippen molar-refractivity contribution in [3.8, 4) is 0 Å². The van der Waals surface area contributed by atoms with Gasteiger partial charge in [0.2, 0.25) is 11.6 Å². The average Bonchev–Trinajstić information content (AvgIpc) is 3.34. The molecule has 0 atom stereocenters. The van der Waals surface area contributed by atoms with Gasteiger partial charge in [0.15, 0.2) is 19.7 Å². The molecule has 2 aromatic carbocycles. The maximum Gasteiger partial charge on any atom is 0.278 e. The summed E-state index contributed by atoms with van der Waals surface area (Å²) in [4.78, 5) is 49.4. The molecule has 4 aromatic rings. The molecular weight excluding hydrogens is 596 g/mol. The van der Waals surface area contributed by atoms with E-state index in [0.717, 1.165) is 23.6 Å². The highest BCUT2D eigenvalue weighted by Gasteiger charge is 2.26. The molecule has 0 amide bonds. The van der Waals surface area contributed by atoms with Crippen LogP contribution in [0.25, 0.3) is 0 Å². The predicted molar refractivity (Wildman–Crippen MR) is 162 cm³/mol. The third kappa shape index (κ3) is 6.86. The maximum absolute atomic E-state index is 12.7. The van der Waals surface area contributed by atoms with Crippen LogP contribution in [0.4, 0.5) is 0 Å². The van der Waals surface area contributed by atoms with Crippen LogP contribution in [0.1, 0.15) is 61.3 Å². The molecule has 230 valence electrons. The fourth-order valence-corrected chi connectivity index (χ4v) is 6.49. The van der Waals surface area contributed by atoms with Crippen molar-refractivity contribution in [2.24, 2.45) is 7.05 Å². The molecule has 0 radical (unpaired) electrons. The van der Waals surface area contributed by atoms with Crippen molar-refractivity contribution in [3.63, 3.8) is 0 Å². The van der Waals surface area contributed by atoms with Crippen molar-refractivity contribution in [2.75, 3.05) is 12.5 Å². The van der Waals surface area contributed by atoms with E-state index < -0.39 is 42.4 Å². The summed E-state index contributed by atoms with van der Waals surface area (Å²) in [6.45, 7) is 8.88. The quantitative estimate of drug-likeness (QED) is 0.292. The van der Waals surface area contributed by atoms with E-state index in [1.54, 1.807) is 46.8 Å². The molecular formula is C29H34N4O8S2. The van der Waals surface area contributed by atoms with Crippen LogP contribution < -0.4 is 11.1 Å². The molecule has 12 nitrogen and oxygen atoms in total. The second kappa shape index (κ2) is 12.1. The van der Waals surface area contributed by atoms with Crippen molar-refractivity contribution < 1.29 is 26.4 Å². The summed E-state index contributed by atoms with van der Waals surface area (Å²) in [7, 11) is -5.64. The van der Waals surface area contributed by atoms with Gasteiger partial charge in [-0.25, -0.2) is 16.8 Å². The number of H-pyrrole nitrogens is 2. The number of rotatable bonds is 7. The molecule has 0 saturated carbocycles. The summed E-state index contributed by atoms with van der Waals surface area (Å²) in [6, 6.07) is 9.09. The van der Waals surface area contributed by atoms with E-state index in [-0.39, 0.29) is 32.0 Å². The molecule has 0 aliphatic carbocycles. The summed E-state index contributed by atoms with van der Waals surface area (Å²) in [5, 5.41) is 5.55. The third-order valence-corrected chi connectivity index (χ3v) is 8.97. The van der Waals surface area contributed by atoms with Gasteiger partial charge in [-0.3, -0.25) is 38.7 Å². The lowest BCUT2D eigenvalue weighted by Crippen LogP contribution is -2.22. The van der Waals surface area contributed by atoms with E-state index in [1.165, 1.54) is 40.7 Å². The highest BCUT2D eigenvalue weighted by Crippen LogP contribution is 2.22. The Kier molecular flexibility index (Phi) is 9.37. The number of hydrogen-bond donors (Lipinski definition) is 2. The predicted octanol–water partition coefficient (Wildman–Crippen LogP) is 2.41. The molecule has 0 spiro atoms. The molecule has 43 heavy (non-hydrogen) atoms. The van der Waals surface area contributed by atoms with E-state index in [4.69, 9.17) is 0 Å². The third-order valence-electron chi connectivity index (χ3n) is 6.70. The number of aromatic amines is 2.